The van der Waals surface area contributed by atoms with Crippen LogP contribution in [0.1, 0.15) is 5.56 Å². The molecule has 0 aliphatic rings. The fraction of sp³-hybridized carbons (Fsp3) is 0.417. The maximum atomic E-state index is 11.0. The number of rotatable bonds is 6. The van der Waals surface area contributed by atoms with Crippen LogP contribution >= 0.6 is 11.6 Å². The Hall–Kier alpha value is -1.10. The monoisotopic (exact) mass is 257 g/mol. The van der Waals surface area contributed by atoms with E-state index in [1.54, 1.807) is 24.1 Å². The highest BCUT2D eigenvalue weighted by Gasteiger charge is 2.22. The fourth-order valence-corrected chi connectivity index (χ4v) is 1.66. The Morgan fingerprint density at radius 3 is 2.53 bits per heavy atom. The maximum Gasteiger partial charge on any atom is 0.323 e. The smallest absolute Gasteiger partial charge is 0.323 e. The van der Waals surface area contributed by atoms with Crippen molar-refractivity contribution in [2.45, 2.75) is 12.6 Å². The lowest BCUT2D eigenvalue weighted by Crippen LogP contribution is -2.41. The molecule has 0 saturated carbocycles. The molecule has 5 heteroatoms. The summed E-state index contributed by atoms with van der Waals surface area (Å²) < 4.78 is 4.90. The molecule has 1 aromatic rings. The molecular weight excluding hydrogens is 242 g/mol. The van der Waals surface area contributed by atoms with Gasteiger partial charge in [-0.2, -0.15) is 0 Å². The summed E-state index contributed by atoms with van der Waals surface area (Å²) >= 11 is 5.78. The average molecular weight is 258 g/mol. The topological polar surface area (TPSA) is 49.8 Å². The molecule has 1 unspecified atom stereocenters. The summed E-state index contributed by atoms with van der Waals surface area (Å²) in [6, 6.07) is 6.69. The number of likely N-dealkylation sites (N-methyl/N-ethyl adjacent to an activating group) is 1. The van der Waals surface area contributed by atoms with Crippen molar-refractivity contribution < 1.29 is 14.6 Å². The molecule has 1 aromatic carbocycles. The highest BCUT2D eigenvalue weighted by molar-refractivity contribution is 6.30. The molecule has 0 aromatic heterocycles. The average Bonchev–Trinajstić information content (AvgIpc) is 2.28. The minimum atomic E-state index is -0.886. The van der Waals surface area contributed by atoms with Crippen molar-refractivity contribution in [2.75, 3.05) is 20.8 Å². The third kappa shape index (κ3) is 4.34. The molecule has 0 spiro atoms. The molecule has 0 radical (unpaired) electrons. The predicted molar refractivity (Wildman–Crippen MR) is 66.2 cm³/mol. The Morgan fingerprint density at radius 2 is 2.06 bits per heavy atom. The summed E-state index contributed by atoms with van der Waals surface area (Å²) in [5.74, 6) is -0.886. The Balaban J connectivity index is 2.66. The van der Waals surface area contributed by atoms with E-state index in [0.29, 0.717) is 11.6 Å². The minimum absolute atomic E-state index is 0.166. The number of benzene rings is 1. The third-order valence-electron chi connectivity index (χ3n) is 2.49. The second-order valence-electron chi connectivity index (χ2n) is 3.85. The van der Waals surface area contributed by atoms with Gasteiger partial charge in [0, 0.05) is 18.7 Å². The molecule has 0 aliphatic heterocycles. The number of methoxy groups -OCH3 is 1. The first-order chi connectivity index (χ1) is 8.04. The van der Waals surface area contributed by atoms with Crippen molar-refractivity contribution in [3.63, 3.8) is 0 Å². The van der Waals surface area contributed by atoms with Gasteiger partial charge in [-0.1, -0.05) is 23.7 Å². The van der Waals surface area contributed by atoms with Gasteiger partial charge in [0.2, 0.25) is 0 Å². The first-order valence-electron chi connectivity index (χ1n) is 5.21. The van der Waals surface area contributed by atoms with Crippen molar-refractivity contribution in [2.24, 2.45) is 0 Å². The number of halogens is 1. The van der Waals surface area contributed by atoms with Gasteiger partial charge in [0.25, 0.3) is 0 Å². The van der Waals surface area contributed by atoms with Crippen LogP contribution in [0.3, 0.4) is 0 Å². The summed E-state index contributed by atoms with van der Waals surface area (Å²) in [5.41, 5.74) is 1.01. The van der Waals surface area contributed by atoms with Crippen molar-refractivity contribution in [1.29, 1.82) is 0 Å². The molecule has 4 nitrogen and oxygen atoms in total. The van der Waals surface area contributed by atoms with Crippen LogP contribution in [0, 0.1) is 0 Å². The van der Waals surface area contributed by atoms with Crippen LogP contribution in [-0.4, -0.2) is 42.8 Å². The number of ether oxygens (including phenoxy) is 1. The van der Waals surface area contributed by atoms with Gasteiger partial charge in [0.05, 0.1) is 6.61 Å². The molecule has 1 N–H and O–H groups in total. The zero-order valence-electron chi connectivity index (χ0n) is 9.89. The van der Waals surface area contributed by atoms with E-state index in [9.17, 15) is 4.79 Å². The predicted octanol–water partition coefficient (Wildman–Crippen LogP) is 1.87. The summed E-state index contributed by atoms with van der Waals surface area (Å²) in [6.45, 7) is 0.705. The lowest BCUT2D eigenvalue weighted by atomic mass is 10.2. The third-order valence-corrected chi connectivity index (χ3v) is 2.74. The van der Waals surface area contributed by atoms with Crippen LogP contribution in [-0.2, 0) is 16.1 Å². The highest BCUT2D eigenvalue weighted by atomic mass is 35.5. The van der Waals surface area contributed by atoms with Gasteiger partial charge in [-0.05, 0) is 24.7 Å². The van der Waals surface area contributed by atoms with E-state index in [1.165, 1.54) is 7.11 Å². The quantitative estimate of drug-likeness (QED) is 0.845. The first-order valence-corrected chi connectivity index (χ1v) is 5.59. The van der Waals surface area contributed by atoms with Crippen molar-refractivity contribution >= 4 is 17.6 Å². The van der Waals surface area contributed by atoms with Gasteiger partial charge >= 0.3 is 5.97 Å². The number of carboxylic acid groups (broad SMARTS) is 1. The summed E-state index contributed by atoms with van der Waals surface area (Å²) in [5, 5.41) is 9.72. The van der Waals surface area contributed by atoms with Gasteiger partial charge in [-0.25, -0.2) is 0 Å². The van der Waals surface area contributed by atoms with Crippen LogP contribution < -0.4 is 0 Å². The van der Waals surface area contributed by atoms with E-state index in [-0.39, 0.29) is 6.61 Å². The van der Waals surface area contributed by atoms with Gasteiger partial charge in [0.15, 0.2) is 0 Å². The Morgan fingerprint density at radius 1 is 1.47 bits per heavy atom. The lowest BCUT2D eigenvalue weighted by Gasteiger charge is -2.23. The van der Waals surface area contributed by atoms with E-state index in [2.05, 4.69) is 0 Å². The molecule has 0 fully saturated rings. The number of hydrogen-bond donors (Lipinski definition) is 1. The number of aliphatic carboxylic acids is 1. The number of hydrogen-bond acceptors (Lipinski definition) is 3. The molecular formula is C12H16ClNO3. The van der Waals surface area contributed by atoms with Crippen LogP contribution in [0.25, 0.3) is 0 Å². The minimum Gasteiger partial charge on any atom is -0.480 e. The summed E-state index contributed by atoms with van der Waals surface area (Å²) in [6.07, 6.45) is 0. The second kappa shape index (κ2) is 6.59. The van der Waals surface area contributed by atoms with Gasteiger partial charge in [0.1, 0.15) is 6.04 Å². The molecule has 1 rings (SSSR count). The standard InChI is InChI=1S/C12H16ClNO3/c1-14(11(8-17-2)12(15)16)7-9-3-5-10(13)6-4-9/h3-6,11H,7-8H2,1-2H3,(H,15,16). The summed E-state index contributed by atoms with van der Waals surface area (Å²) in [7, 11) is 3.25. The van der Waals surface area contributed by atoms with Crippen LogP contribution in [0.2, 0.25) is 5.02 Å². The molecule has 0 heterocycles. The fourth-order valence-electron chi connectivity index (χ4n) is 1.53. The van der Waals surface area contributed by atoms with Crippen molar-refractivity contribution in [1.82, 2.24) is 4.90 Å². The normalized spacial score (nSPS) is 12.7. The highest BCUT2D eigenvalue weighted by Crippen LogP contribution is 2.12. The molecule has 1 atom stereocenters. The zero-order chi connectivity index (χ0) is 12.8. The molecule has 0 saturated heterocycles. The second-order valence-corrected chi connectivity index (χ2v) is 4.29. The molecule has 0 amide bonds. The number of carbonyl (C=O) groups is 1. The Bertz CT molecular complexity index is 367. The zero-order valence-corrected chi connectivity index (χ0v) is 10.6. The van der Waals surface area contributed by atoms with Crippen molar-refractivity contribution in [3.8, 4) is 0 Å². The lowest BCUT2D eigenvalue weighted by molar-refractivity contribution is -0.144. The maximum absolute atomic E-state index is 11.0. The van der Waals surface area contributed by atoms with E-state index >= 15 is 0 Å². The van der Waals surface area contributed by atoms with E-state index in [0.717, 1.165) is 5.56 Å². The van der Waals surface area contributed by atoms with Gasteiger partial charge in [-0.15, -0.1) is 0 Å². The van der Waals surface area contributed by atoms with Crippen LogP contribution in [0.4, 0.5) is 0 Å². The molecule has 0 aliphatic carbocycles. The Kier molecular flexibility index (Phi) is 5.41. The largest absolute Gasteiger partial charge is 0.480 e. The Labute approximate surface area is 106 Å². The van der Waals surface area contributed by atoms with Crippen LogP contribution in [0.5, 0.6) is 0 Å². The van der Waals surface area contributed by atoms with Crippen LogP contribution in [0.15, 0.2) is 24.3 Å². The molecule has 17 heavy (non-hydrogen) atoms. The van der Waals surface area contributed by atoms with E-state index in [1.807, 2.05) is 12.1 Å². The molecule has 94 valence electrons. The van der Waals surface area contributed by atoms with E-state index < -0.39 is 12.0 Å². The van der Waals surface area contributed by atoms with Gasteiger partial charge < -0.3 is 9.84 Å². The number of nitrogens with zero attached hydrogens (tertiary/aromatic N) is 1. The summed E-state index contributed by atoms with van der Waals surface area (Å²) in [4.78, 5) is 12.8. The molecule has 0 bridgehead atoms. The first kappa shape index (κ1) is 14.0. The number of carboxylic acids is 1. The van der Waals surface area contributed by atoms with Gasteiger partial charge in [-0.3, -0.25) is 9.69 Å². The van der Waals surface area contributed by atoms with E-state index in [4.69, 9.17) is 21.4 Å². The van der Waals surface area contributed by atoms with Crippen molar-refractivity contribution in [3.05, 3.63) is 34.9 Å². The SMILES string of the molecule is COCC(C(=O)O)N(C)Cc1ccc(Cl)cc1.